The predicted molar refractivity (Wildman–Crippen MR) is 73.9 cm³/mol. The number of aliphatic hydroxyl groups excluding tert-OH is 1. The summed E-state index contributed by atoms with van der Waals surface area (Å²) in [6.45, 7) is 3.87. The van der Waals surface area contributed by atoms with Crippen LogP contribution in [0.4, 0.5) is 5.69 Å². The van der Waals surface area contributed by atoms with Crippen LogP contribution in [0.2, 0.25) is 0 Å². The van der Waals surface area contributed by atoms with Crippen molar-refractivity contribution in [2.24, 2.45) is 0 Å². The second kappa shape index (κ2) is 5.27. The molecule has 2 aromatic carbocycles. The van der Waals surface area contributed by atoms with Crippen LogP contribution in [0, 0.1) is 0 Å². The summed E-state index contributed by atoms with van der Waals surface area (Å²) in [5.74, 6) is 0.810. The molecule has 0 aromatic heterocycles. The fourth-order valence-corrected chi connectivity index (χ4v) is 1.66. The van der Waals surface area contributed by atoms with E-state index in [9.17, 15) is 5.11 Å². The molecule has 92 valence electrons. The number of hydrogen-bond donors (Lipinski definition) is 2. The average molecular weight is 241 g/mol. The highest BCUT2D eigenvalue weighted by molar-refractivity contribution is 5.61. The maximum atomic E-state index is 10.0. The number of nitrogens with one attached hydrogen (secondary N) is 1. The molecule has 0 radical (unpaired) electrons. The SMILES string of the molecule is C=c1cccc/c1=C(/O)Nc1cccc(OC)c1. The van der Waals surface area contributed by atoms with Gasteiger partial charge in [0, 0.05) is 17.0 Å². The first-order chi connectivity index (χ1) is 8.70. The summed E-state index contributed by atoms with van der Waals surface area (Å²) < 4.78 is 5.12. The number of methoxy groups -OCH3 is 1. The Morgan fingerprint density at radius 1 is 1.17 bits per heavy atom. The van der Waals surface area contributed by atoms with Crippen molar-refractivity contribution < 1.29 is 9.84 Å². The highest BCUT2D eigenvalue weighted by Gasteiger charge is 1.99. The topological polar surface area (TPSA) is 41.5 Å². The van der Waals surface area contributed by atoms with Gasteiger partial charge in [0.05, 0.1) is 7.11 Å². The Morgan fingerprint density at radius 2 is 1.94 bits per heavy atom. The molecule has 0 spiro atoms. The van der Waals surface area contributed by atoms with Crippen LogP contribution in [0.15, 0.2) is 48.5 Å². The maximum Gasteiger partial charge on any atom is 0.196 e. The molecule has 0 saturated heterocycles. The van der Waals surface area contributed by atoms with Gasteiger partial charge in [0.25, 0.3) is 0 Å². The number of hydrogen-bond acceptors (Lipinski definition) is 3. The van der Waals surface area contributed by atoms with Crippen molar-refractivity contribution in [3.8, 4) is 5.75 Å². The highest BCUT2D eigenvalue weighted by Crippen LogP contribution is 2.17. The molecule has 0 unspecified atom stereocenters. The normalized spacial score (nSPS) is 11.8. The van der Waals surface area contributed by atoms with E-state index in [1.807, 2.05) is 48.5 Å². The van der Waals surface area contributed by atoms with Gasteiger partial charge < -0.3 is 15.2 Å². The maximum absolute atomic E-state index is 10.0. The fourth-order valence-electron chi connectivity index (χ4n) is 1.66. The molecule has 3 heteroatoms. The van der Waals surface area contributed by atoms with Gasteiger partial charge in [0.1, 0.15) is 5.75 Å². The molecular formula is C15H15NO2. The van der Waals surface area contributed by atoms with Crippen LogP contribution in [0.25, 0.3) is 12.5 Å². The van der Waals surface area contributed by atoms with Gasteiger partial charge in [-0.2, -0.15) is 0 Å². The van der Waals surface area contributed by atoms with Crippen LogP contribution in [0.5, 0.6) is 5.75 Å². The molecule has 2 rings (SSSR count). The molecule has 0 amide bonds. The molecule has 2 N–H and O–H groups in total. The quantitative estimate of drug-likeness (QED) is 0.861. The predicted octanol–water partition coefficient (Wildman–Crippen LogP) is 1.84. The third-order valence-electron chi connectivity index (χ3n) is 2.60. The molecular weight excluding hydrogens is 226 g/mol. The summed E-state index contributed by atoms with van der Waals surface area (Å²) in [6, 6.07) is 14.7. The van der Waals surface area contributed by atoms with Crippen molar-refractivity contribution >= 4 is 18.1 Å². The Morgan fingerprint density at radius 3 is 2.67 bits per heavy atom. The van der Waals surface area contributed by atoms with Crippen LogP contribution in [0.3, 0.4) is 0 Å². The van der Waals surface area contributed by atoms with E-state index in [4.69, 9.17) is 4.74 Å². The minimum Gasteiger partial charge on any atom is -0.497 e. The Hall–Kier alpha value is -2.42. The second-order valence-electron chi connectivity index (χ2n) is 3.86. The molecule has 0 heterocycles. The van der Waals surface area contributed by atoms with Crippen LogP contribution >= 0.6 is 0 Å². The first-order valence-electron chi connectivity index (χ1n) is 5.59. The number of rotatable bonds is 3. The Labute approximate surface area is 106 Å². The first-order valence-corrected chi connectivity index (χ1v) is 5.59. The van der Waals surface area contributed by atoms with Crippen molar-refractivity contribution in [3.63, 3.8) is 0 Å². The van der Waals surface area contributed by atoms with Crippen molar-refractivity contribution in [1.29, 1.82) is 0 Å². The van der Waals surface area contributed by atoms with E-state index >= 15 is 0 Å². The summed E-state index contributed by atoms with van der Waals surface area (Å²) in [6.07, 6.45) is 0. The smallest absolute Gasteiger partial charge is 0.196 e. The highest BCUT2D eigenvalue weighted by atomic mass is 16.5. The molecule has 0 aliphatic heterocycles. The summed E-state index contributed by atoms with van der Waals surface area (Å²) in [7, 11) is 1.61. The van der Waals surface area contributed by atoms with E-state index in [0.717, 1.165) is 16.7 Å². The molecule has 18 heavy (non-hydrogen) atoms. The lowest BCUT2D eigenvalue weighted by Gasteiger charge is -2.07. The van der Waals surface area contributed by atoms with Crippen molar-refractivity contribution in [3.05, 3.63) is 59.0 Å². The minimum atomic E-state index is 0.0776. The molecule has 0 bridgehead atoms. The Bertz CT molecular complexity index is 650. The lowest BCUT2D eigenvalue weighted by molar-refractivity contribution is 0.415. The van der Waals surface area contributed by atoms with Gasteiger partial charge in [-0.1, -0.05) is 30.8 Å². The standard InChI is InChI=1S/C15H15NO2/c1-11-6-3-4-9-14(11)15(17)16-12-7-5-8-13(10-12)18-2/h3-10,16-17H,1H2,2H3/b15-14-. The van der Waals surface area contributed by atoms with Gasteiger partial charge in [0.15, 0.2) is 5.88 Å². The van der Waals surface area contributed by atoms with Crippen molar-refractivity contribution in [2.75, 3.05) is 12.4 Å². The average Bonchev–Trinajstić information content (AvgIpc) is 2.39. The monoisotopic (exact) mass is 241 g/mol. The zero-order chi connectivity index (χ0) is 13.0. The largest absolute Gasteiger partial charge is 0.497 e. The number of ether oxygens (including phenoxy) is 1. The van der Waals surface area contributed by atoms with Gasteiger partial charge in [-0.05, 0) is 23.4 Å². The summed E-state index contributed by atoms with van der Waals surface area (Å²) >= 11 is 0. The number of anilines is 1. The summed E-state index contributed by atoms with van der Waals surface area (Å²) in [4.78, 5) is 0. The molecule has 0 fully saturated rings. The molecule has 0 aliphatic carbocycles. The fraction of sp³-hybridized carbons (Fsp3) is 0.0667. The van der Waals surface area contributed by atoms with Crippen LogP contribution in [0.1, 0.15) is 0 Å². The Balaban J connectivity index is 2.37. The van der Waals surface area contributed by atoms with Gasteiger partial charge in [-0.3, -0.25) is 0 Å². The zero-order valence-electron chi connectivity index (χ0n) is 10.2. The third-order valence-corrected chi connectivity index (χ3v) is 2.60. The van der Waals surface area contributed by atoms with E-state index in [2.05, 4.69) is 11.9 Å². The molecule has 3 nitrogen and oxygen atoms in total. The van der Waals surface area contributed by atoms with E-state index < -0.39 is 0 Å². The molecule has 0 aliphatic rings. The first kappa shape index (κ1) is 12.0. The van der Waals surface area contributed by atoms with E-state index in [-0.39, 0.29) is 5.88 Å². The Kier molecular flexibility index (Phi) is 3.53. The van der Waals surface area contributed by atoms with Gasteiger partial charge in [-0.15, -0.1) is 0 Å². The van der Waals surface area contributed by atoms with Gasteiger partial charge in [-0.25, -0.2) is 0 Å². The van der Waals surface area contributed by atoms with E-state index in [1.165, 1.54) is 0 Å². The minimum absolute atomic E-state index is 0.0776. The van der Waals surface area contributed by atoms with E-state index in [0.29, 0.717) is 5.22 Å². The van der Waals surface area contributed by atoms with Gasteiger partial charge >= 0.3 is 0 Å². The molecule has 0 atom stereocenters. The number of aliphatic hydroxyl groups is 1. The van der Waals surface area contributed by atoms with E-state index in [1.54, 1.807) is 7.11 Å². The van der Waals surface area contributed by atoms with Crippen molar-refractivity contribution in [1.82, 2.24) is 0 Å². The second-order valence-corrected chi connectivity index (χ2v) is 3.86. The van der Waals surface area contributed by atoms with Crippen LogP contribution < -0.4 is 20.5 Å². The lowest BCUT2D eigenvalue weighted by Crippen LogP contribution is -2.27. The number of benzene rings is 2. The molecule has 2 aromatic rings. The van der Waals surface area contributed by atoms with Crippen LogP contribution in [-0.2, 0) is 0 Å². The molecule has 0 saturated carbocycles. The zero-order valence-corrected chi connectivity index (χ0v) is 10.2. The summed E-state index contributed by atoms with van der Waals surface area (Å²) in [5.41, 5.74) is 0.759. The summed E-state index contributed by atoms with van der Waals surface area (Å²) in [5, 5.41) is 14.4. The van der Waals surface area contributed by atoms with Gasteiger partial charge in [0.2, 0.25) is 0 Å². The van der Waals surface area contributed by atoms with Crippen molar-refractivity contribution in [2.45, 2.75) is 0 Å². The van der Waals surface area contributed by atoms with Crippen LogP contribution in [-0.4, -0.2) is 12.2 Å². The third kappa shape index (κ3) is 2.63. The lowest BCUT2D eigenvalue weighted by atomic mass is 10.2.